The van der Waals surface area contributed by atoms with Crippen molar-refractivity contribution < 1.29 is 9.53 Å². The molecule has 0 aliphatic heterocycles. The Morgan fingerprint density at radius 1 is 1.05 bits per heavy atom. The molecule has 0 radical (unpaired) electrons. The standard InChI is InChI=1S/C17H16Cl2O2/c1-11-9-15(10-12(2)17(11)19)21-16(20)8-5-13-3-6-14(18)7-4-13/h3-4,6-7,9-10H,5,8H2,1-2H3. The monoisotopic (exact) mass is 322 g/mol. The molecule has 2 aromatic rings. The summed E-state index contributed by atoms with van der Waals surface area (Å²) in [5.41, 5.74) is 2.86. The average molecular weight is 323 g/mol. The Balaban J connectivity index is 1.94. The molecule has 21 heavy (non-hydrogen) atoms. The smallest absolute Gasteiger partial charge is 0.311 e. The van der Waals surface area contributed by atoms with Crippen molar-refractivity contribution in [3.05, 3.63) is 63.1 Å². The van der Waals surface area contributed by atoms with Crippen molar-refractivity contribution in [3.63, 3.8) is 0 Å². The van der Waals surface area contributed by atoms with Crippen molar-refractivity contribution in [2.45, 2.75) is 26.7 Å². The SMILES string of the molecule is Cc1cc(OC(=O)CCc2ccc(Cl)cc2)cc(C)c1Cl. The van der Waals surface area contributed by atoms with Crippen LogP contribution in [0.25, 0.3) is 0 Å². The van der Waals surface area contributed by atoms with Crippen LogP contribution in [0.3, 0.4) is 0 Å². The van der Waals surface area contributed by atoms with Crippen LogP contribution < -0.4 is 4.74 Å². The fourth-order valence-corrected chi connectivity index (χ4v) is 2.28. The largest absolute Gasteiger partial charge is 0.426 e. The van der Waals surface area contributed by atoms with Crippen molar-refractivity contribution in [1.29, 1.82) is 0 Å². The molecule has 0 aliphatic carbocycles. The van der Waals surface area contributed by atoms with E-state index in [1.807, 2.05) is 38.1 Å². The first-order valence-electron chi connectivity index (χ1n) is 6.67. The molecular weight excluding hydrogens is 307 g/mol. The summed E-state index contributed by atoms with van der Waals surface area (Å²) in [6.07, 6.45) is 0.948. The number of rotatable bonds is 4. The third-order valence-corrected chi connectivity index (χ3v) is 4.02. The number of ether oxygens (including phenoxy) is 1. The molecule has 0 fully saturated rings. The fraction of sp³-hybridized carbons (Fsp3) is 0.235. The van der Waals surface area contributed by atoms with Crippen LogP contribution in [0.2, 0.25) is 10.0 Å². The third-order valence-electron chi connectivity index (χ3n) is 3.17. The van der Waals surface area contributed by atoms with E-state index >= 15 is 0 Å². The molecule has 0 saturated heterocycles. The van der Waals surface area contributed by atoms with Gasteiger partial charge in [0.15, 0.2) is 0 Å². The summed E-state index contributed by atoms with van der Waals surface area (Å²) < 4.78 is 5.35. The van der Waals surface area contributed by atoms with Crippen molar-refractivity contribution >= 4 is 29.2 Å². The van der Waals surface area contributed by atoms with Gasteiger partial charge in [-0.05, 0) is 61.2 Å². The van der Waals surface area contributed by atoms with Crippen molar-refractivity contribution in [1.82, 2.24) is 0 Å². The molecular formula is C17H16Cl2O2. The lowest BCUT2D eigenvalue weighted by atomic mass is 10.1. The molecule has 2 aromatic carbocycles. The van der Waals surface area contributed by atoms with Gasteiger partial charge in [0, 0.05) is 16.5 Å². The summed E-state index contributed by atoms with van der Waals surface area (Å²) in [7, 11) is 0. The highest BCUT2D eigenvalue weighted by Crippen LogP contribution is 2.26. The Labute approximate surface area is 134 Å². The van der Waals surface area contributed by atoms with Gasteiger partial charge in [-0.3, -0.25) is 4.79 Å². The highest BCUT2D eigenvalue weighted by molar-refractivity contribution is 6.32. The number of esters is 1. The molecule has 0 amide bonds. The molecule has 0 aliphatic rings. The lowest BCUT2D eigenvalue weighted by Gasteiger charge is -2.08. The predicted molar refractivity (Wildman–Crippen MR) is 86.3 cm³/mol. The fourth-order valence-electron chi connectivity index (χ4n) is 2.05. The minimum Gasteiger partial charge on any atom is -0.426 e. The van der Waals surface area contributed by atoms with E-state index in [1.54, 1.807) is 12.1 Å². The predicted octanol–water partition coefficient (Wildman–Crippen LogP) is 5.15. The molecule has 0 saturated carbocycles. The summed E-state index contributed by atoms with van der Waals surface area (Å²) in [6.45, 7) is 3.78. The van der Waals surface area contributed by atoms with Gasteiger partial charge in [-0.25, -0.2) is 0 Å². The van der Waals surface area contributed by atoms with E-state index in [0.717, 1.165) is 16.7 Å². The summed E-state index contributed by atoms with van der Waals surface area (Å²) in [5.74, 6) is 0.279. The first-order chi connectivity index (χ1) is 9.95. The molecule has 0 unspecified atom stereocenters. The normalized spacial score (nSPS) is 10.5. The number of carbonyl (C=O) groups excluding carboxylic acids is 1. The number of aryl methyl sites for hydroxylation is 3. The second-order valence-corrected chi connectivity index (χ2v) is 5.79. The zero-order valence-corrected chi connectivity index (χ0v) is 13.5. The van der Waals surface area contributed by atoms with Crippen LogP contribution in [-0.4, -0.2) is 5.97 Å². The van der Waals surface area contributed by atoms with E-state index in [0.29, 0.717) is 28.6 Å². The van der Waals surface area contributed by atoms with Gasteiger partial charge in [-0.15, -0.1) is 0 Å². The second-order valence-electron chi connectivity index (χ2n) is 4.97. The Morgan fingerprint density at radius 3 is 2.19 bits per heavy atom. The van der Waals surface area contributed by atoms with Crippen molar-refractivity contribution in [2.24, 2.45) is 0 Å². The Bertz CT molecular complexity index is 625. The van der Waals surface area contributed by atoms with Crippen molar-refractivity contribution in [2.75, 3.05) is 0 Å². The van der Waals surface area contributed by atoms with Gasteiger partial charge < -0.3 is 4.74 Å². The molecule has 0 atom stereocenters. The molecule has 4 heteroatoms. The first-order valence-corrected chi connectivity index (χ1v) is 7.43. The van der Waals surface area contributed by atoms with Crippen LogP contribution in [0, 0.1) is 13.8 Å². The number of hydrogen-bond donors (Lipinski definition) is 0. The van der Waals surface area contributed by atoms with E-state index in [-0.39, 0.29) is 5.97 Å². The van der Waals surface area contributed by atoms with Crippen LogP contribution in [0.5, 0.6) is 5.75 Å². The summed E-state index contributed by atoms with van der Waals surface area (Å²) in [5, 5.41) is 1.39. The number of benzene rings is 2. The summed E-state index contributed by atoms with van der Waals surface area (Å²) in [6, 6.07) is 11.0. The zero-order valence-electron chi connectivity index (χ0n) is 12.0. The van der Waals surface area contributed by atoms with E-state index in [4.69, 9.17) is 27.9 Å². The molecule has 0 aromatic heterocycles. The van der Waals surface area contributed by atoms with Gasteiger partial charge >= 0.3 is 5.97 Å². The van der Waals surface area contributed by atoms with Gasteiger partial charge in [0.25, 0.3) is 0 Å². The van der Waals surface area contributed by atoms with Crippen LogP contribution in [-0.2, 0) is 11.2 Å². The molecule has 2 rings (SSSR count). The maximum atomic E-state index is 11.9. The van der Waals surface area contributed by atoms with E-state index in [9.17, 15) is 4.79 Å². The highest BCUT2D eigenvalue weighted by atomic mass is 35.5. The average Bonchev–Trinajstić information content (AvgIpc) is 2.44. The van der Waals surface area contributed by atoms with E-state index in [1.165, 1.54) is 0 Å². The Kier molecular flexibility index (Phi) is 5.27. The first kappa shape index (κ1) is 15.9. The third kappa shape index (κ3) is 4.48. The topological polar surface area (TPSA) is 26.3 Å². The van der Waals surface area contributed by atoms with Gasteiger partial charge in [0.1, 0.15) is 5.75 Å². The lowest BCUT2D eigenvalue weighted by molar-refractivity contribution is -0.134. The molecule has 0 heterocycles. The van der Waals surface area contributed by atoms with Gasteiger partial charge in [-0.2, -0.15) is 0 Å². The van der Waals surface area contributed by atoms with Gasteiger partial charge in [-0.1, -0.05) is 35.3 Å². The molecule has 0 N–H and O–H groups in total. The lowest BCUT2D eigenvalue weighted by Crippen LogP contribution is -2.09. The van der Waals surface area contributed by atoms with Crippen LogP contribution in [0.15, 0.2) is 36.4 Å². The number of halogens is 2. The molecule has 0 bridgehead atoms. The van der Waals surface area contributed by atoms with Crippen molar-refractivity contribution in [3.8, 4) is 5.75 Å². The van der Waals surface area contributed by atoms with Gasteiger partial charge in [0.2, 0.25) is 0 Å². The number of hydrogen-bond acceptors (Lipinski definition) is 2. The van der Waals surface area contributed by atoms with Gasteiger partial charge in [0.05, 0.1) is 0 Å². The van der Waals surface area contributed by atoms with Crippen LogP contribution in [0.1, 0.15) is 23.1 Å². The Morgan fingerprint density at radius 2 is 1.62 bits per heavy atom. The minimum atomic E-state index is -0.258. The quantitative estimate of drug-likeness (QED) is 0.575. The van der Waals surface area contributed by atoms with E-state index in [2.05, 4.69) is 0 Å². The summed E-state index contributed by atoms with van der Waals surface area (Å²) in [4.78, 5) is 11.9. The second kappa shape index (κ2) is 6.97. The maximum Gasteiger partial charge on any atom is 0.311 e. The summed E-state index contributed by atoms with van der Waals surface area (Å²) >= 11 is 11.9. The minimum absolute atomic E-state index is 0.258. The molecule has 110 valence electrons. The number of carbonyl (C=O) groups is 1. The van der Waals surface area contributed by atoms with Crippen LogP contribution in [0.4, 0.5) is 0 Å². The zero-order chi connectivity index (χ0) is 15.4. The molecule has 0 spiro atoms. The Hall–Kier alpha value is -1.51. The van der Waals surface area contributed by atoms with E-state index < -0.39 is 0 Å². The van der Waals surface area contributed by atoms with Crippen LogP contribution >= 0.6 is 23.2 Å². The maximum absolute atomic E-state index is 11.9. The highest BCUT2D eigenvalue weighted by Gasteiger charge is 2.09. The molecule has 2 nitrogen and oxygen atoms in total.